The summed E-state index contributed by atoms with van der Waals surface area (Å²) in [5, 5.41) is 0. The Kier molecular flexibility index (Phi) is 6.05. The van der Waals surface area contributed by atoms with Gasteiger partial charge in [0.15, 0.2) is 0 Å². The third-order valence-corrected chi connectivity index (χ3v) is 5.09. The summed E-state index contributed by atoms with van der Waals surface area (Å²) >= 11 is 0. The minimum absolute atomic E-state index is 0.245. The highest BCUT2D eigenvalue weighted by Crippen LogP contribution is 2.25. The van der Waals surface area contributed by atoms with Crippen LogP contribution in [-0.4, -0.2) is 24.0 Å². The van der Waals surface area contributed by atoms with E-state index in [2.05, 4.69) is 56.9 Å². The molecule has 0 spiro atoms. The molecule has 1 aliphatic heterocycles. The molecule has 2 rings (SSSR count). The van der Waals surface area contributed by atoms with E-state index in [9.17, 15) is 0 Å². The van der Waals surface area contributed by atoms with Crippen LogP contribution >= 0.6 is 0 Å². The van der Waals surface area contributed by atoms with E-state index in [1.54, 1.807) is 0 Å². The molecule has 0 saturated carbocycles. The van der Waals surface area contributed by atoms with E-state index >= 15 is 0 Å². The number of benzene rings is 1. The van der Waals surface area contributed by atoms with Crippen molar-refractivity contribution >= 4 is 0 Å². The molecule has 1 aromatic carbocycles. The van der Waals surface area contributed by atoms with Gasteiger partial charge in [-0.05, 0) is 61.2 Å². The van der Waals surface area contributed by atoms with Crippen LogP contribution in [0.4, 0.5) is 0 Å². The molecule has 1 heterocycles. The zero-order valence-electron chi connectivity index (χ0n) is 14.9. The van der Waals surface area contributed by atoms with Crippen molar-refractivity contribution in [2.75, 3.05) is 13.1 Å². The van der Waals surface area contributed by atoms with Gasteiger partial charge in [-0.1, -0.05) is 52.0 Å². The van der Waals surface area contributed by atoms with Crippen molar-refractivity contribution in [2.24, 2.45) is 11.7 Å². The minimum atomic E-state index is 0.245. The lowest BCUT2D eigenvalue weighted by Gasteiger charge is -2.33. The lowest BCUT2D eigenvalue weighted by atomic mass is 9.86. The Balaban J connectivity index is 1.81. The fraction of sp³-hybridized carbons (Fsp3) is 0.700. The predicted octanol–water partition coefficient (Wildman–Crippen LogP) is 4.32. The first-order chi connectivity index (χ1) is 10.4. The Morgan fingerprint density at radius 2 is 1.73 bits per heavy atom. The standard InChI is InChI=1S/C20H34N2/c1-5-19(21)14-16-10-12-22(13-11-16)15-17-6-8-18(9-7-17)20(2,3)4/h6-9,16,19H,5,10-15,21H2,1-4H3. The number of hydrogen-bond acceptors (Lipinski definition) is 2. The number of rotatable bonds is 5. The molecule has 1 atom stereocenters. The van der Waals surface area contributed by atoms with E-state index in [4.69, 9.17) is 5.73 Å². The number of nitrogens with zero attached hydrogens (tertiary/aromatic N) is 1. The lowest BCUT2D eigenvalue weighted by Crippen LogP contribution is -2.35. The highest BCUT2D eigenvalue weighted by Gasteiger charge is 2.21. The maximum absolute atomic E-state index is 6.10. The van der Waals surface area contributed by atoms with Crippen molar-refractivity contribution in [3.63, 3.8) is 0 Å². The molecule has 2 heteroatoms. The van der Waals surface area contributed by atoms with Crippen LogP contribution in [0.25, 0.3) is 0 Å². The molecule has 2 N–H and O–H groups in total. The zero-order valence-corrected chi connectivity index (χ0v) is 14.9. The SMILES string of the molecule is CCC(N)CC1CCN(Cc2ccc(C(C)(C)C)cc2)CC1. The smallest absolute Gasteiger partial charge is 0.0233 e. The Labute approximate surface area is 137 Å². The molecule has 0 radical (unpaired) electrons. The maximum Gasteiger partial charge on any atom is 0.0233 e. The summed E-state index contributed by atoms with van der Waals surface area (Å²) in [4.78, 5) is 2.60. The van der Waals surface area contributed by atoms with E-state index in [0.717, 1.165) is 18.9 Å². The predicted molar refractivity (Wildman–Crippen MR) is 96.0 cm³/mol. The second-order valence-electron chi connectivity index (χ2n) is 8.07. The van der Waals surface area contributed by atoms with Gasteiger partial charge in [-0.3, -0.25) is 4.90 Å². The van der Waals surface area contributed by atoms with E-state index in [-0.39, 0.29) is 5.41 Å². The van der Waals surface area contributed by atoms with E-state index in [1.165, 1.54) is 43.5 Å². The molecule has 22 heavy (non-hydrogen) atoms. The molecule has 1 aliphatic rings. The summed E-state index contributed by atoms with van der Waals surface area (Å²) in [5.41, 5.74) is 9.20. The van der Waals surface area contributed by atoms with E-state index < -0.39 is 0 Å². The molecule has 124 valence electrons. The minimum Gasteiger partial charge on any atom is -0.328 e. The first kappa shape index (κ1) is 17.5. The van der Waals surface area contributed by atoms with Crippen LogP contribution in [0.2, 0.25) is 0 Å². The Morgan fingerprint density at radius 1 is 1.14 bits per heavy atom. The topological polar surface area (TPSA) is 29.3 Å². The van der Waals surface area contributed by atoms with E-state index in [0.29, 0.717) is 6.04 Å². The Hall–Kier alpha value is -0.860. The van der Waals surface area contributed by atoms with Crippen LogP contribution in [0.3, 0.4) is 0 Å². The van der Waals surface area contributed by atoms with Crippen LogP contribution < -0.4 is 5.73 Å². The molecule has 0 aliphatic carbocycles. The molecule has 1 aromatic rings. The van der Waals surface area contributed by atoms with E-state index in [1.807, 2.05) is 0 Å². The second-order valence-corrected chi connectivity index (χ2v) is 8.07. The Morgan fingerprint density at radius 3 is 2.23 bits per heavy atom. The van der Waals surface area contributed by atoms with Crippen molar-refractivity contribution in [2.45, 2.75) is 71.4 Å². The van der Waals surface area contributed by atoms with Crippen LogP contribution in [0.1, 0.15) is 64.5 Å². The summed E-state index contributed by atoms with van der Waals surface area (Å²) in [6.45, 7) is 12.6. The summed E-state index contributed by atoms with van der Waals surface area (Å²) in [6.07, 6.45) is 4.95. The molecular formula is C20H34N2. The van der Waals surface area contributed by atoms with Crippen molar-refractivity contribution < 1.29 is 0 Å². The zero-order chi connectivity index (χ0) is 16.2. The molecule has 0 amide bonds. The third kappa shape index (κ3) is 5.10. The van der Waals surface area contributed by atoms with Gasteiger partial charge in [-0.25, -0.2) is 0 Å². The van der Waals surface area contributed by atoms with Gasteiger partial charge in [-0.15, -0.1) is 0 Å². The number of likely N-dealkylation sites (tertiary alicyclic amines) is 1. The fourth-order valence-corrected chi connectivity index (χ4v) is 3.34. The first-order valence-electron chi connectivity index (χ1n) is 8.96. The van der Waals surface area contributed by atoms with Crippen LogP contribution in [0, 0.1) is 5.92 Å². The molecule has 1 saturated heterocycles. The number of piperidine rings is 1. The summed E-state index contributed by atoms with van der Waals surface area (Å²) < 4.78 is 0. The van der Waals surface area contributed by atoms with Crippen LogP contribution in [0.15, 0.2) is 24.3 Å². The summed E-state index contributed by atoms with van der Waals surface area (Å²) in [6, 6.07) is 9.60. The van der Waals surface area contributed by atoms with Gasteiger partial charge in [0.25, 0.3) is 0 Å². The molecule has 0 aromatic heterocycles. The summed E-state index contributed by atoms with van der Waals surface area (Å²) in [7, 11) is 0. The number of nitrogens with two attached hydrogens (primary N) is 1. The van der Waals surface area contributed by atoms with Gasteiger partial charge < -0.3 is 5.73 Å². The van der Waals surface area contributed by atoms with Crippen molar-refractivity contribution in [3.05, 3.63) is 35.4 Å². The quantitative estimate of drug-likeness (QED) is 0.877. The molecule has 2 nitrogen and oxygen atoms in total. The molecule has 1 fully saturated rings. The highest BCUT2D eigenvalue weighted by molar-refractivity contribution is 5.27. The van der Waals surface area contributed by atoms with Gasteiger partial charge in [0, 0.05) is 12.6 Å². The average molecular weight is 303 g/mol. The van der Waals surface area contributed by atoms with Crippen molar-refractivity contribution in [1.82, 2.24) is 4.90 Å². The van der Waals surface area contributed by atoms with Gasteiger partial charge in [0.2, 0.25) is 0 Å². The lowest BCUT2D eigenvalue weighted by molar-refractivity contribution is 0.167. The average Bonchev–Trinajstić information content (AvgIpc) is 2.49. The molecular weight excluding hydrogens is 268 g/mol. The third-order valence-electron chi connectivity index (χ3n) is 5.09. The van der Waals surface area contributed by atoms with Gasteiger partial charge in [0.1, 0.15) is 0 Å². The monoisotopic (exact) mass is 302 g/mol. The number of hydrogen-bond donors (Lipinski definition) is 1. The molecule has 1 unspecified atom stereocenters. The Bertz CT molecular complexity index is 436. The first-order valence-corrected chi connectivity index (χ1v) is 8.96. The van der Waals surface area contributed by atoms with Crippen molar-refractivity contribution in [3.8, 4) is 0 Å². The molecule has 0 bridgehead atoms. The van der Waals surface area contributed by atoms with Crippen LogP contribution in [-0.2, 0) is 12.0 Å². The highest BCUT2D eigenvalue weighted by atomic mass is 15.1. The second kappa shape index (κ2) is 7.61. The van der Waals surface area contributed by atoms with Gasteiger partial charge in [0.05, 0.1) is 0 Å². The van der Waals surface area contributed by atoms with Gasteiger partial charge >= 0.3 is 0 Å². The largest absolute Gasteiger partial charge is 0.328 e. The fourth-order valence-electron chi connectivity index (χ4n) is 3.34. The summed E-state index contributed by atoms with van der Waals surface area (Å²) in [5.74, 6) is 0.842. The van der Waals surface area contributed by atoms with Gasteiger partial charge in [-0.2, -0.15) is 0 Å². The van der Waals surface area contributed by atoms with Crippen molar-refractivity contribution in [1.29, 1.82) is 0 Å². The maximum atomic E-state index is 6.10. The normalized spacial score (nSPS) is 19.3. The van der Waals surface area contributed by atoms with Crippen LogP contribution in [0.5, 0.6) is 0 Å².